The summed E-state index contributed by atoms with van der Waals surface area (Å²) in [5.74, 6) is -5.11. The molecule has 0 radical (unpaired) electrons. The van der Waals surface area contributed by atoms with E-state index >= 15 is 0 Å². The van der Waals surface area contributed by atoms with Crippen LogP contribution in [-0.2, 0) is 19.2 Å². The highest BCUT2D eigenvalue weighted by molar-refractivity contribution is 5.97. The second-order valence-electron chi connectivity index (χ2n) is 21.6. The van der Waals surface area contributed by atoms with Gasteiger partial charge in [0.05, 0.1) is 5.57 Å². The zero-order valence-corrected chi connectivity index (χ0v) is 43.7. The Labute approximate surface area is 409 Å². The van der Waals surface area contributed by atoms with E-state index < -0.39 is 35.2 Å². The van der Waals surface area contributed by atoms with Gasteiger partial charge in [-0.15, -0.1) is 0 Å². The zero-order chi connectivity index (χ0) is 49.3. The van der Waals surface area contributed by atoms with Crippen LogP contribution in [0.4, 0.5) is 0 Å². The van der Waals surface area contributed by atoms with Crippen molar-refractivity contribution in [2.24, 2.45) is 22.7 Å². The average molecular weight is 937 g/mol. The minimum atomic E-state index is -1.35. The number of carboxylic acids is 4. The molecule has 2 bridgehead atoms. The third kappa shape index (κ3) is 22.4. The summed E-state index contributed by atoms with van der Waals surface area (Å²) in [4.78, 5) is 51.6. The molecule has 384 valence electrons. The molecule has 2 aliphatic carbocycles. The van der Waals surface area contributed by atoms with E-state index in [2.05, 4.69) is 34.6 Å². The van der Waals surface area contributed by atoms with Crippen molar-refractivity contribution in [3.8, 4) is 0 Å². The first kappa shape index (κ1) is 60.0. The molecule has 2 saturated carbocycles. The monoisotopic (exact) mass is 937 g/mol. The number of hydrogen-bond acceptors (Lipinski definition) is 4. The van der Waals surface area contributed by atoms with E-state index in [9.17, 15) is 39.6 Å². The van der Waals surface area contributed by atoms with Gasteiger partial charge in [-0.2, -0.15) is 0 Å². The molecule has 0 aromatic heterocycles. The molecule has 0 aromatic carbocycles. The molecule has 3 unspecified atom stereocenters. The number of carbonyl (C=O) groups is 4. The van der Waals surface area contributed by atoms with Gasteiger partial charge in [-0.05, 0) is 90.9 Å². The van der Waals surface area contributed by atoms with Crippen molar-refractivity contribution >= 4 is 23.9 Å². The largest absolute Gasteiger partial charge is 0.478 e. The standard InChI is InChI=1S/C59H100O8/c1-6-8-10-12-14-16-18-20-22-24-25-27-29-31-33-35-37-39-47(55(62)63)45-51(49(56(64)65)40-38-36-34-32-30-28-26-23-21-19-17-15-13-11-9-7-2)54(50(57(66)67)41-42-53(60)61)52-46-48-43-44-59(52,5)58(48,3)4/h41-42,45,48,52H,6-40,43-44,46H2,1-5H3,(H,60,61)(H,62,63)(H,64,65)(H,66,67). The van der Waals surface area contributed by atoms with Crippen LogP contribution in [-0.4, -0.2) is 44.3 Å². The fraction of sp³-hybridized carbons (Fsp3) is 0.797. The second kappa shape index (κ2) is 35.0. The maximum atomic E-state index is 13.4. The van der Waals surface area contributed by atoms with Crippen molar-refractivity contribution in [2.75, 3.05) is 0 Å². The zero-order valence-electron chi connectivity index (χ0n) is 43.7. The molecule has 0 amide bonds. The number of aliphatic carboxylic acids is 4. The minimum Gasteiger partial charge on any atom is -0.478 e. The Balaban J connectivity index is 2.20. The molecular formula is C59H100O8. The quantitative estimate of drug-likeness (QED) is 0.0268. The Bertz CT molecular complexity index is 1560. The fourth-order valence-electron chi connectivity index (χ4n) is 11.6. The van der Waals surface area contributed by atoms with E-state index in [1.54, 1.807) is 0 Å². The highest BCUT2D eigenvalue weighted by Crippen LogP contribution is 2.70. The maximum absolute atomic E-state index is 13.4. The maximum Gasteiger partial charge on any atom is 0.335 e. The van der Waals surface area contributed by atoms with Crippen molar-refractivity contribution in [2.45, 2.75) is 279 Å². The van der Waals surface area contributed by atoms with Gasteiger partial charge in [0.25, 0.3) is 0 Å². The number of fused-ring (bicyclic) bond motifs is 2. The SMILES string of the molecule is CCCCCCCCCCCCCCCCCCCC(=CC(=C(CCCCCCCCCCCCCCCCCC)C(=O)O)C(=C(C=CC(=O)O)C(=O)O)C1CC2CCC1(C)C2(C)C)C(=O)O. The average Bonchev–Trinajstić information content (AvgIpc) is 3.62. The lowest BCUT2D eigenvalue weighted by Crippen LogP contribution is -2.34. The van der Waals surface area contributed by atoms with Gasteiger partial charge in [0.15, 0.2) is 0 Å². The number of rotatable bonds is 43. The molecular weight excluding hydrogens is 837 g/mol. The Morgan fingerprint density at radius 2 is 0.836 bits per heavy atom. The van der Waals surface area contributed by atoms with E-state index in [1.807, 2.05) is 0 Å². The number of carboxylic acid groups (broad SMARTS) is 4. The molecule has 2 rings (SSSR count). The van der Waals surface area contributed by atoms with Crippen LogP contribution in [0.25, 0.3) is 0 Å². The third-order valence-corrected chi connectivity index (χ3v) is 16.4. The van der Waals surface area contributed by atoms with Crippen molar-refractivity contribution in [3.63, 3.8) is 0 Å². The van der Waals surface area contributed by atoms with Crippen molar-refractivity contribution in [1.82, 2.24) is 0 Å². The van der Waals surface area contributed by atoms with E-state index in [-0.39, 0.29) is 52.0 Å². The number of unbranched alkanes of at least 4 members (excludes halogenated alkanes) is 31. The van der Waals surface area contributed by atoms with Crippen molar-refractivity contribution < 1.29 is 39.6 Å². The van der Waals surface area contributed by atoms with Gasteiger partial charge in [0, 0.05) is 17.2 Å². The molecule has 4 N–H and O–H groups in total. The molecule has 0 spiro atoms. The first-order chi connectivity index (χ1) is 32.2. The van der Waals surface area contributed by atoms with Crippen LogP contribution in [0.3, 0.4) is 0 Å². The number of allylic oxidation sites excluding steroid dienone is 3. The van der Waals surface area contributed by atoms with Crippen LogP contribution in [0.2, 0.25) is 0 Å². The van der Waals surface area contributed by atoms with E-state index in [0.29, 0.717) is 19.3 Å². The topological polar surface area (TPSA) is 149 Å². The summed E-state index contributed by atoms with van der Waals surface area (Å²) >= 11 is 0. The highest BCUT2D eigenvalue weighted by Gasteiger charge is 2.62. The molecule has 2 fully saturated rings. The van der Waals surface area contributed by atoms with E-state index in [1.165, 1.54) is 160 Å². The van der Waals surface area contributed by atoms with Crippen molar-refractivity contribution in [3.05, 3.63) is 46.1 Å². The normalized spacial score (nSPS) is 19.8. The van der Waals surface area contributed by atoms with Crippen LogP contribution in [0.1, 0.15) is 279 Å². The smallest absolute Gasteiger partial charge is 0.335 e. The third-order valence-electron chi connectivity index (χ3n) is 16.4. The summed E-state index contributed by atoms with van der Waals surface area (Å²) in [5.41, 5.74) is -0.336. The van der Waals surface area contributed by atoms with Gasteiger partial charge >= 0.3 is 23.9 Å². The molecule has 0 saturated heterocycles. The Morgan fingerprint density at radius 1 is 0.463 bits per heavy atom. The summed E-state index contributed by atoms with van der Waals surface area (Å²) in [6.07, 6.45) is 45.9. The molecule has 0 aliphatic heterocycles. The summed E-state index contributed by atoms with van der Waals surface area (Å²) in [6, 6.07) is 0. The van der Waals surface area contributed by atoms with Crippen LogP contribution in [0, 0.1) is 22.7 Å². The lowest BCUT2D eigenvalue weighted by molar-refractivity contribution is -0.134. The summed E-state index contributed by atoms with van der Waals surface area (Å²) < 4.78 is 0. The van der Waals surface area contributed by atoms with Crippen LogP contribution < -0.4 is 0 Å². The Morgan fingerprint density at radius 3 is 1.13 bits per heavy atom. The molecule has 0 aromatic rings. The minimum absolute atomic E-state index is 0.0215. The summed E-state index contributed by atoms with van der Waals surface area (Å²) in [7, 11) is 0. The molecule has 8 heteroatoms. The first-order valence-electron chi connectivity index (χ1n) is 28.0. The van der Waals surface area contributed by atoms with E-state index in [4.69, 9.17) is 0 Å². The van der Waals surface area contributed by atoms with Crippen LogP contribution in [0.15, 0.2) is 46.1 Å². The fourth-order valence-corrected chi connectivity index (χ4v) is 11.6. The molecule has 8 nitrogen and oxygen atoms in total. The first-order valence-corrected chi connectivity index (χ1v) is 28.0. The van der Waals surface area contributed by atoms with Gasteiger partial charge in [-0.1, -0.05) is 234 Å². The summed E-state index contributed by atoms with van der Waals surface area (Å²) in [5, 5.41) is 42.1. The van der Waals surface area contributed by atoms with Gasteiger partial charge in [0.1, 0.15) is 0 Å². The predicted octanol–water partition coefficient (Wildman–Crippen LogP) is 17.6. The van der Waals surface area contributed by atoms with Gasteiger partial charge in [0.2, 0.25) is 0 Å². The van der Waals surface area contributed by atoms with Crippen LogP contribution in [0.5, 0.6) is 0 Å². The van der Waals surface area contributed by atoms with Crippen LogP contribution >= 0.6 is 0 Å². The van der Waals surface area contributed by atoms with E-state index in [0.717, 1.165) is 69.9 Å². The number of hydrogen-bond donors (Lipinski definition) is 4. The van der Waals surface area contributed by atoms with Gasteiger partial charge in [-0.3, -0.25) is 0 Å². The molecule has 3 atom stereocenters. The molecule has 0 heterocycles. The molecule has 2 aliphatic rings. The molecule has 67 heavy (non-hydrogen) atoms. The Kier molecular flexibility index (Phi) is 31.3. The van der Waals surface area contributed by atoms with Crippen molar-refractivity contribution in [1.29, 1.82) is 0 Å². The second-order valence-corrected chi connectivity index (χ2v) is 21.6. The lowest BCUT2D eigenvalue weighted by atomic mass is 9.63. The van der Waals surface area contributed by atoms with Gasteiger partial charge in [-0.25, -0.2) is 19.2 Å². The highest BCUT2D eigenvalue weighted by atomic mass is 16.4. The van der Waals surface area contributed by atoms with Gasteiger partial charge < -0.3 is 20.4 Å². The lowest BCUT2D eigenvalue weighted by Gasteiger charge is -2.41. The summed E-state index contributed by atoms with van der Waals surface area (Å²) in [6.45, 7) is 11.1. The Hall–Kier alpha value is -3.16. The predicted molar refractivity (Wildman–Crippen MR) is 277 cm³/mol.